The van der Waals surface area contributed by atoms with Gasteiger partial charge in [0.15, 0.2) is 11.2 Å². The van der Waals surface area contributed by atoms with E-state index in [1.54, 1.807) is 16.7 Å². The number of esters is 1. The van der Waals surface area contributed by atoms with Crippen LogP contribution in [0.15, 0.2) is 34.1 Å². The maximum atomic E-state index is 12.3. The van der Waals surface area contributed by atoms with E-state index >= 15 is 0 Å². The van der Waals surface area contributed by atoms with Crippen molar-refractivity contribution >= 4 is 17.1 Å². The Bertz CT molecular complexity index is 1070. The first-order chi connectivity index (χ1) is 13.1. The molecule has 1 N–H and O–H groups in total. The van der Waals surface area contributed by atoms with Crippen LogP contribution in [0.3, 0.4) is 0 Å². The number of ether oxygens (including phenoxy) is 1. The molecular weight excluding hydrogens is 350 g/mol. The molecule has 0 bridgehead atoms. The first-order valence-corrected chi connectivity index (χ1v) is 8.86. The number of hydrogen-bond donors (Lipinski definition) is 1. The SMILES string of the molecule is CCCCn1c(=O)[nH]c(=O)c2c1nc(COC(=O)c1ccncc1)n2CC. The van der Waals surface area contributed by atoms with E-state index < -0.39 is 17.2 Å². The summed E-state index contributed by atoms with van der Waals surface area (Å²) in [5.41, 5.74) is 0.0184. The topological polar surface area (TPSA) is 112 Å². The van der Waals surface area contributed by atoms with E-state index in [4.69, 9.17) is 4.74 Å². The normalized spacial score (nSPS) is 11.0. The number of carbonyl (C=O) groups is 1. The lowest BCUT2D eigenvalue weighted by Crippen LogP contribution is -2.31. The Morgan fingerprint density at radius 3 is 2.59 bits per heavy atom. The van der Waals surface area contributed by atoms with Crippen molar-refractivity contribution in [2.24, 2.45) is 0 Å². The Balaban J connectivity index is 1.98. The molecule has 3 heterocycles. The van der Waals surface area contributed by atoms with Gasteiger partial charge in [-0.2, -0.15) is 0 Å². The third-order valence-corrected chi connectivity index (χ3v) is 4.26. The lowest BCUT2D eigenvalue weighted by molar-refractivity contribution is 0.0458. The Labute approximate surface area is 154 Å². The highest BCUT2D eigenvalue weighted by atomic mass is 16.5. The molecule has 0 amide bonds. The molecule has 0 fully saturated rings. The predicted molar refractivity (Wildman–Crippen MR) is 98.6 cm³/mol. The summed E-state index contributed by atoms with van der Waals surface area (Å²) in [5.74, 6) is -0.0966. The van der Waals surface area contributed by atoms with E-state index in [1.807, 2.05) is 13.8 Å². The van der Waals surface area contributed by atoms with Crippen LogP contribution in [0, 0.1) is 0 Å². The van der Waals surface area contributed by atoms with Gasteiger partial charge in [0.2, 0.25) is 0 Å². The highest BCUT2D eigenvalue weighted by Gasteiger charge is 2.19. The van der Waals surface area contributed by atoms with Gasteiger partial charge in [-0.1, -0.05) is 13.3 Å². The molecule has 3 aromatic heterocycles. The minimum Gasteiger partial charge on any atom is -0.454 e. The lowest BCUT2D eigenvalue weighted by atomic mass is 10.3. The van der Waals surface area contributed by atoms with E-state index in [-0.39, 0.29) is 6.61 Å². The summed E-state index contributed by atoms with van der Waals surface area (Å²) in [6.07, 6.45) is 4.69. The van der Waals surface area contributed by atoms with Crippen LogP contribution in [0.25, 0.3) is 11.2 Å². The molecule has 0 radical (unpaired) electrons. The van der Waals surface area contributed by atoms with Crippen molar-refractivity contribution in [2.75, 3.05) is 0 Å². The number of carbonyl (C=O) groups excluding carboxylic acids is 1. The molecule has 0 saturated heterocycles. The van der Waals surface area contributed by atoms with Gasteiger partial charge in [-0.3, -0.25) is 19.3 Å². The van der Waals surface area contributed by atoms with Crippen molar-refractivity contribution in [1.82, 2.24) is 24.1 Å². The number of H-pyrrole nitrogens is 1. The van der Waals surface area contributed by atoms with Gasteiger partial charge in [-0.15, -0.1) is 0 Å². The van der Waals surface area contributed by atoms with E-state index in [1.165, 1.54) is 17.0 Å². The summed E-state index contributed by atoms with van der Waals surface area (Å²) in [6, 6.07) is 3.11. The zero-order valence-electron chi connectivity index (χ0n) is 15.3. The predicted octanol–water partition coefficient (Wildman–Crippen LogP) is 1.46. The van der Waals surface area contributed by atoms with E-state index in [2.05, 4.69) is 15.0 Å². The molecule has 0 aliphatic heterocycles. The number of nitrogens with one attached hydrogen (secondary N) is 1. The Morgan fingerprint density at radius 2 is 1.93 bits per heavy atom. The number of fused-ring (bicyclic) bond motifs is 1. The van der Waals surface area contributed by atoms with Crippen molar-refractivity contribution in [3.05, 3.63) is 56.8 Å². The van der Waals surface area contributed by atoms with Gasteiger partial charge in [0.1, 0.15) is 12.4 Å². The lowest BCUT2D eigenvalue weighted by Gasteiger charge is -2.07. The molecular formula is C18H21N5O4. The monoisotopic (exact) mass is 371 g/mol. The molecule has 9 heteroatoms. The van der Waals surface area contributed by atoms with Crippen LogP contribution in [0.1, 0.15) is 42.9 Å². The quantitative estimate of drug-likeness (QED) is 0.629. The minimum atomic E-state index is -0.510. The maximum absolute atomic E-state index is 12.3. The second kappa shape index (κ2) is 7.98. The van der Waals surface area contributed by atoms with Gasteiger partial charge in [-0.05, 0) is 25.5 Å². The summed E-state index contributed by atoms with van der Waals surface area (Å²) in [6.45, 7) is 4.68. The first kappa shape index (κ1) is 18.6. The summed E-state index contributed by atoms with van der Waals surface area (Å²) in [7, 11) is 0. The van der Waals surface area contributed by atoms with Crippen LogP contribution >= 0.6 is 0 Å². The second-order valence-electron chi connectivity index (χ2n) is 6.02. The number of rotatable bonds is 7. The van der Waals surface area contributed by atoms with Crippen LogP contribution in [-0.2, 0) is 24.4 Å². The van der Waals surface area contributed by atoms with E-state index in [9.17, 15) is 14.4 Å². The fourth-order valence-corrected chi connectivity index (χ4v) is 2.89. The van der Waals surface area contributed by atoms with Crippen LogP contribution in [0.2, 0.25) is 0 Å². The largest absolute Gasteiger partial charge is 0.454 e. The third kappa shape index (κ3) is 3.67. The van der Waals surface area contributed by atoms with Crippen molar-refractivity contribution in [2.45, 2.75) is 46.4 Å². The van der Waals surface area contributed by atoms with Crippen molar-refractivity contribution in [3.63, 3.8) is 0 Å². The second-order valence-corrected chi connectivity index (χ2v) is 6.02. The molecule has 0 aromatic carbocycles. The summed E-state index contributed by atoms with van der Waals surface area (Å²) >= 11 is 0. The highest BCUT2D eigenvalue weighted by molar-refractivity contribution is 5.89. The van der Waals surface area contributed by atoms with Gasteiger partial charge in [0.05, 0.1) is 5.56 Å². The third-order valence-electron chi connectivity index (χ3n) is 4.26. The van der Waals surface area contributed by atoms with Crippen molar-refractivity contribution in [1.29, 1.82) is 0 Å². The van der Waals surface area contributed by atoms with Crippen LogP contribution < -0.4 is 11.2 Å². The molecule has 0 saturated carbocycles. The summed E-state index contributed by atoms with van der Waals surface area (Å²) in [5, 5.41) is 0. The Morgan fingerprint density at radius 1 is 1.19 bits per heavy atom. The maximum Gasteiger partial charge on any atom is 0.338 e. The molecule has 0 unspecified atom stereocenters. The first-order valence-electron chi connectivity index (χ1n) is 8.86. The fraction of sp³-hybridized carbons (Fsp3) is 0.389. The average molecular weight is 371 g/mol. The summed E-state index contributed by atoms with van der Waals surface area (Å²) < 4.78 is 8.45. The molecule has 142 valence electrons. The zero-order valence-corrected chi connectivity index (χ0v) is 15.3. The Hall–Kier alpha value is -3.23. The molecule has 0 atom stereocenters. The summed E-state index contributed by atoms with van der Waals surface area (Å²) in [4.78, 5) is 47.3. The minimum absolute atomic E-state index is 0.106. The molecule has 3 aromatic rings. The Kier molecular flexibility index (Phi) is 5.49. The standard InChI is InChI=1S/C18H21N5O4/c1-3-5-10-23-15-14(16(24)21-18(23)26)22(4-2)13(20-15)11-27-17(25)12-6-8-19-9-7-12/h6-9H,3-5,10-11H2,1-2H3,(H,21,24,26). The number of imidazole rings is 1. The van der Waals surface area contributed by atoms with Gasteiger partial charge >= 0.3 is 11.7 Å². The molecule has 3 rings (SSSR count). The van der Waals surface area contributed by atoms with E-state index in [0.29, 0.717) is 35.6 Å². The van der Waals surface area contributed by atoms with E-state index in [0.717, 1.165) is 12.8 Å². The van der Waals surface area contributed by atoms with Crippen LogP contribution in [0.4, 0.5) is 0 Å². The fourth-order valence-electron chi connectivity index (χ4n) is 2.89. The van der Waals surface area contributed by atoms with Crippen molar-refractivity contribution in [3.8, 4) is 0 Å². The average Bonchev–Trinajstić information content (AvgIpc) is 3.05. The van der Waals surface area contributed by atoms with Gasteiger partial charge in [0.25, 0.3) is 5.56 Å². The highest BCUT2D eigenvalue weighted by Crippen LogP contribution is 2.14. The van der Waals surface area contributed by atoms with Crippen LogP contribution in [0.5, 0.6) is 0 Å². The number of aryl methyl sites for hydroxylation is 2. The van der Waals surface area contributed by atoms with Gasteiger partial charge in [-0.25, -0.2) is 14.6 Å². The number of aromatic amines is 1. The smallest absolute Gasteiger partial charge is 0.338 e. The van der Waals surface area contributed by atoms with Gasteiger partial charge in [0, 0.05) is 25.5 Å². The van der Waals surface area contributed by atoms with Crippen molar-refractivity contribution < 1.29 is 9.53 Å². The molecule has 9 nitrogen and oxygen atoms in total. The molecule has 0 aliphatic carbocycles. The number of nitrogens with zero attached hydrogens (tertiary/aromatic N) is 4. The number of unbranched alkanes of at least 4 members (excludes halogenated alkanes) is 1. The zero-order chi connectivity index (χ0) is 19.4. The molecule has 27 heavy (non-hydrogen) atoms. The number of pyridine rings is 1. The molecule has 0 spiro atoms. The van der Waals surface area contributed by atoms with Crippen LogP contribution in [-0.4, -0.2) is 30.1 Å². The van der Waals surface area contributed by atoms with Gasteiger partial charge < -0.3 is 9.30 Å². The number of aromatic nitrogens is 5. The number of hydrogen-bond acceptors (Lipinski definition) is 6. The molecule has 0 aliphatic rings.